The summed E-state index contributed by atoms with van der Waals surface area (Å²) < 4.78 is 1.83. The Hall–Kier alpha value is -1.85. The Bertz CT molecular complexity index is 758. The van der Waals surface area contributed by atoms with E-state index in [0.717, 1.165) is 16.9 Å². The summed E-state index contributed by atoms with van der Waals surface area (Å²) in [5, 5.41) is 14.4. The lowest BCUT2D eigenvalue weighted by Gasteiger charge is -2.36. The van der Waals surface area contributed by atoms with Gasteiger partial charge in [0.1, 0.15) is 0 Å². The quantitative estimate of drug-likeness (QED) is 0.921. The van der Waals surface area contributed by atoms with Gasteiger partial charge in [0.2, 0.25) is 0 Å². The van der Waals surface area contributed by atoms with Crippen LogP contribution in [-0.4, -0.2) is 38.8 Å². The van der Waals surface area contributed by atoms with Crippen molar-refractivity contribution >= 4 is 17.6 Å². The molecular formula is C18H22ClN3O2. The first-order valence-corrected chi connectivity index (χ1v) is 8.42. The zero-order valence-corrected chi connectivity index (χ0v) is 14.9. The normalized spacial score (nSPS) is 16.2. The molecule has 128 valence electrons. The molecule has 6 heteroatoms. The third-order valence-electron chi connectivity index (χ3n) is 4.30. The van der Waals surface area contributed by atoms with Gasteiger partial charge >= 0.3 is 5.97 Å². The minimum absolute atomic E-state index is 0.0983. The molecule has 1 fully saturated rings. The fourth-order valence-electron chi connectivity index (χ4n) is 3.01. The van der Waals surface area contributed by atoms with Crippen LogP contribution in [0.25, 0.3) is 5.69 Å². The monoisotopic (exact) mass is 347 g/mol. The Balaban J connectivity index is 1.88. The van der Waals surface area contributed by atoms with Gasteiger partial charge in [-0.3, -0.25) is 9.69 Å². The van der Waals surface area contributed by atoms with Crippen LogP contribution in [-0.2, 0) is 16.8 Å². The van der Waals surface area contributed by atoms with Crippen molar-refractivity contribution < 1.29 is 9.90 Å². The molecule has 0 atom stereocenters. The standard InChI is InChI=1S/C18H22ClN3O2/c1-18(2,3)16-12(8-21-9-13(10-21)17(23)24)11-22(20-16)15-7-5-4-6-14(15)19/h4-7,11,13H,8-10H2,1-3H3,(H,23,24). The summed E-state index contributed by atoms with van der Waals surface area (Å²) in [6.07, 6.45) is 2.01. The first-order chi connectivity index (χ1) is 11.3. The first kappa shape index (κ1) is 17.0. The lowest BCUT2D eigenvalue weighted by molar-refractivity contribution is -0.147. The Kier molecular flexibility index (Phi) is 4.40. The van der Waals surface area contributed by atoms with Gasteiger partial charge in [0.25, 0.3) is 0 Å². The van der Waals surface area contributed by atoms with E-state index < -0.39 is 5.97 Å². The molecule has 0 amide bonds. The lowest BCUT2D eigenvalue weighted by atomic mass is 9.89. The van der Waals surface area contributed by atoms with Gasteiger partial charge in [-0.05, 0) is 12.1 Å². The van der Waals surface area contributed by atoms with Crippen LogP contribution in [0.5, 0.6) is 0 Å². The zero-order chi connectivity index (χ0) is 17.5. The summed E-state index contributed by atoms with van der Waals surface area (Å²) in [5.74, 6) is -0.962. The van der Waals surface area contributed by atoms with Crippen molar-refractivity contribution in [1.82, 2.24) is 14.7 Å². The summed E-state index contributed by atoms with van der Waals surface area (Å²) >= 11 is 6.30. The van der Waals surface area contributed by atoms with Gasteiger partial charge in [-0.25, -0.2) is 4.68 Å². The van der Waals surface area contributed by atoms with Crippen LogP contribution in [0.15, 0.2) is 30.5 Å². The summed E-state index contributed by atoms with van der Waals surface area (Å²) in [6, 6.07) is 7.62. The van der Waals surface area contributed by atoms with Crippen LogP contribution in [0.1, 0.15) is 32.0 Å². The van der Waals surface area contributed by atoms with Crippen molar-refractivity contribution in [3.8, 4) is 5.69 Å². The minimum Gasteiger partial charge on any atom is -0.481 e. The van der Waals surface area contributed by atoms with Gasteiger partial charge in [0.15, 0.2) is 0 Å². The molecule has 2 heterocycles. The van der Waals surface area contributed by atoms with Crippen molar-refractivity contribution in [1.29, 1.82) is 0 Å². The average molecular weight is 348 g/mol. The number of aromatic nitrogens is 2. The summed E-state index contributed by atoms with van der Waals surface area (Å²) in [5.41, 5.74) is 2.88. The van der Waals surface area contributed by atoms with Crippen LogP contribution >= 0.6 is 11.6 Å². The van der Waals surface area contributed by atoms with E-state index in [1.54, 1.807) is 0 Å². The zero-order valence-electron chi connectivity index (χ0n) is 14.2. The molecule has 0 bridgehead atoms. The molecule has 5 nitrogen and oxygen atoms in total. The maximum atomic E-state index is 11.0. The maximum Gasteiger partial charge on any atom is 0.309 e. The molecule has 1 aromatic carbocycles. The Morgan fingerprint density at radius 3 is 2.58 bits per heavy atom. The van der Waals surface area contributed by atoms with E-state index in [0.29, 0.717) is 24.7 Å². The van der Waals surface area contributed by atoms with E-state index in [9.17, 15) is 4.79 Å². The largest absolute Gasteiger partial charge is 0.481 e. The number of carboxylic acids is 1. The molecule has 1 aliphatic rings. The molecule has 24 heavy (non-hydrogen) atoms. The van der Waals surface area contributed by atoms with Gasteiger partial charge in [-0.2, -0.15) is 5.10 Å². The SMILES string of the molecule is CC(C)(C)c1nn(-c2ccccc2Cl)cc1CN1CC(C(=O)O)C1. The van der Waals surface area contributed by atoms with Gasteiger partial charge in [0, 0.05) is 36.8 Å². The second kappa shape index (κ2) is 6.22. The fourth-order valence-corrected chi connectivity index (χ4v) is 3.24. The predicted octanol–water partition coefficient (Wildman–Crippen LogP) is 3.34. The predicted molar refractivity (Wildman–Crippen MR) is 93.7 cm³/mol. The highest BCUT2D eigenvalue weighted by Gasteiger charge is 2.34. The van der Waals surface area contributed by atoms with Crippen molar-refractivity contribution in [3.05, 3.63) is 46.7 Å². The van der Waals surface area contributed by atoms with Crippen LogP contribution in [0.4, 0.5) is 0 Å². The van der Waals surface area contributed by atoms with Crippen LogP contribution in [0.2, 0.25) is 5.02 Å². The second-order valence-corrected chi connectivity index (χ2v) is 7.79. The molecule has 1 N–H and O–H groups in total. The van der Waals surface area contributed by atoms with E-state index in [-0.39, 0.29) is 11.3 Å². The van der Waals surface area contributed by atoms with Gasteiger partial charge in [-0.1, -0.05) is 44.5 Å². The number of hydrogen-bond donors (Lipinski definition) is 1. The molecule has 1 aromatic heterocycles. The number of para-hydroxylation sites is 1. The van der Waals surface area contributed by atoms with Crippen LogP contribution in [0, 0.1) is 5.92 Å². The Morgan fingerprint density at radius 1 is 1.33 bits per heavy atom. The molecule has 2 aromatic rings. The van der Waals surface area contributed by atoms with Crippen LogP contribution in [0.3, 0.4) is 0 Å². The highest BCUT2D eigenvalue weighted by Crippen LogP contribution is 2.29. The number of rotatable bonds is 4. The molecule has 0 spiro atoms. The number of nitrogens with zero attached hydrogens (tertiary/aromatic N) is 3. The van der Waals surface area contributed by atoms with Crippen molar-refractivity contribution in [2.75, 3.05) is 13.1 Å². The molecular weight excluding hydrogens is 326 g/mol. The summed E-state index contributed by atoms with van der Waals surface area (Å²) in [6.45, 7) is 8.29. The number of hydrogen-bond acceptors (Lipinski definition) is 3. The van der Waals surface area contributed by atoms with E-state index >= 15 is 0 Å². The average Bonchev–Trinajstić information content (AvgIpc) is 2.86. The third-order valence-corrected chi connectivity index (χ3v) is 4.62. The van der Waals surface area contributed by atoms with Gasteiger partial charge < -0.3 is 5.11 Å². The van der Waals surface area contributed by atoms with Gasteiger partial charge in [-0.15, -0.1) is 0 Å². The number of carbonyl (C=O) groups is 1. The van der Waals surface area contributed by atoms with Crippen LogP contribution < -0.4 is 0 Å². The van der Waals surface area contributed by atoms with E-state index in [4.69, 9.17) is 21.8 Å². The summed E-state index contributed by atoms with van der Waals surface area (Å²) in [7, 11) is 0. The molecule has 0 saturated carbocycles. The fraction of sp³-hybridized carbons (Fsp3) is 0.444. The topological polar surface area (TPSA) is 58.4 Å². The second-order valence-electron chi connectivity index (χ2n) is 7.38. The molecule has 1 aliphatic heterocycles. The minimum atomic E-state index is -0.714. The molecule has 1 saturated heterocycles. The molecule has 3 rings (SSSR count). The smallest absolute Gasteiger partial charge is 0.309 e. The number of likely N-dealkylation sites (tertiary alicyclic amines) is 1. The third kappa shape index (κ3) is 3.32. The molecule has 0 unspecified atom stereocenters. The molecule has 0 aliphatic carbocycles. The number of aliphatic carboxylic acids is 1. The first-order valence-electron chi connectivity index (χ1n) is 8.05. The number of benzene rings is 1. The van der Waals surface area contributed by atoms with Crippen molar-refractivity contribution in [3.63, 3.8) is 0 Å². The lowest BCUT2D eigenvalue weighted by Crippen LogP contribution is -2.49. The molecule has 0 radical (unpaired) electrons. The van der Waals surface area contributed by atoms with E-state index in [1.807, 2.05) is 35.1 Å². The Labute approximate surface area is 146 Å². The van der Waals surface area contributed by atoms with E-state index in [2.05, 4.69) is 25.7 Å². The Morgan fingerprint density at radius 2 is 2.00 bits per heavy atom. The van der Waals surface area contributed by atoms with Gasteiger partial charge in [0.05, 0.1) is 22.3 Å². The highest BCUT2D eigenvalue weighted by molar-refractivity contribution is 6.32. The summed E-state index contributed by atoms with van der Waals surface area (Å²) in [4.78, 5) is 13.1. The highest BCUT2D eigenvalue weighted by atomic mass is 35.5. The van der Waals surface area contributed by atoms with Crippen molar-refractivity contribution in [2.45, 2.75) is 32.7 Å². The van der Waals surface area contributed by atoms with Crippen molar-refractivity contribution in [2.24, 2.45) is 5.92 Å². The number of halogens is 1. The number of carboxylic acid groups (broad SMARTS) is 1. The maximum absolute atomic E-state index is 11.0. The van der Waals surface area contributed by atoms with E-state index in [1.165, 1.54) is 0 Å².